The van der Waals surface area contributed by atoms with E-state index in [0.717, 1.165) is 72.7 Å². The van der Waals surface area contributed by atoms with Crippen molar-refractivity contribution in [2.75, 3.05) is 4.90 Å². The summed E-state index contributed by atoms with van der Waals surface area (Å²) >= 11 is 8.33. The molecule has 254 valence electrons. The van der Waals surface area contributed by atoms with Crippen molar-refractivity contribution in [1.29, 1.82) is 0 Å². The van der Waals surface area contributed by atoms with Crippen LogP contribution in [-0.2, 0) is 5.41 Å². The Morgan fingerprint density at radius 3 is 2.28 bits per heavy atom. The molecule has 5 nitrogen and oxygen atoms in total. The summed E-state index contributed by atoms with van der Waals surface area (Å²) in [5, 5.41) is 2.88. The van der Waals surface area contributed by atoms with Gasteiger partial charge in [0.25, 0.3) is 0 Å². The second kappa shape index (κ2) is 11.1. The van der Waals surface area contributed by atoms with Crippen LogP contribution < -0.4 is 9.64 Å². The molecule has 0 fully saturated rings. The standard InChI is InChI=1S/C47H27ClN4OS/c48-42-25-23-34-44(50-42)43-33(15-10-26-49-43)47(34)32-14-5-9-19-41(32)54-46-35(47)22-24-38-45(46)53-40-18-8-7-17-37(40)52(38)29-20-21-31-30-13-4-6-16-36(30)51(39(31)27-29)28-11-2-1-3-12-28/h1-27H. The van der Waals surface area contributed by atoms with Gasteiger partial charge in [0.15, 0.2) is 11.5 Å². The third-order valence-corrected chi connectivity index (χ3v) is 12.6. The number of rotatable bonds is 2. The second-order valence-electron chi connectivity index (χ2n) is 13.9. The second-order valence-corrected chi connectivity index (χ2v) is 15.3. The van der Waals surface area contributed by atoms with E-state index in [9.17, 15) is 0 Å². The van der Waals surface area contributed by atoms with Gasteiger partial charge in [-0.05, 0) is 89.0 Å². The van der Waals surface area contributed by atoms with Crippen LogP contribution >= 0.6 is 23.4 Å². The molecule has 7 heteroatoms. The number of pyridine rings is 2. The van der Waals surface area contributed by atoms with E-state index < -0.39 is 5.41 Å². The zero-order valence-electron chi connectivity index (χ0n) is 28.6. The minimum Gasteiger partial charge on any atom is -0.452 e. The molecule has 12 rings (SSSR count). The minimum absolute atomic E-state index is 0.449. The molecule has 0 N–H and O–H groups in total. The Hall–Kier alpha value is -6.34. The quantitative estimate of drug-likeness (QED) is 0.166. The van der Waals surface area contributed by atoms with E-state index in [1.807, 2.05) is 24.4 Å². The van der Waals surface area contributed by atoms with Crippen LogP contribution in [-0.4, -0.2) is 14.5 Å². The van der Waals surface area contributed by atoms with Crippen molar-refractivity contribution in [3.05, 3.63) is 191 Å². The normalized spacial score (nSPS) is 16.0. The maximum atomic E-state index is 7.05. The van der Waals surface area contributed by atoms with Crippen LogP contribution in [0, 0.1) is 0 Å². The third-order valence-electron chi connectivity index (χ3n) is 11.2. The van der Waals surface area contributed by atoms with Crippen LogP contribution in [0.3, 0.4) is 0 Å². The molecule has 0 saturated carbocycles. The molecular weight excluding hydrogens is 704 g/mol. The van der Waals surface area contributed by atoms with Gasteiger partial charge in [-0.15, -0.1) is 0 Å². The first-order valence-electron chi connectivity index (χ1n) is 17.9. The van der Waals surface area contributed by atoms with Crippen LogP contribution in [0.1, 0.15) is 22.3 Å². The summed E-state index contributed by atoms with van der Waals surface area (Å²) < 4.78 is 9.42. The summed E-state index contributed by atoms with van der Waals surface area (Å²) in [5.41, 5.74) is 12.0. The third kappa shape index (κ3) is 3.91. The smallest absolute Gasteiger partial charge is 0.165 e. The molecule has 54 heavy (non-hydrogen) atoms. The molecule has 0 bridgehead atoms. The van der Waals surface area contributed by atoms with Gasteiger partial charge in [0, 0.05) is 33.2 Å². The van der Waals surface area contributed by atoms with E-state index in [-0.39, 0.29) is 0 Å². The first kappa shape index (κ1) is 30.2. The van der Waals surface area contributed by atoms with Gasteiger partial charge in [-0.2, -0.15) is 0 Å². The van der Waals surface area contributed by atoms with E-state index in [1.165, 1.54) is 26.7 Å². The summed E-state index contributed by atoms with van der Waals surface area (Å²) in [6.07, 6.45) is 1.84. The number of benzene rings is 6. The molecule has 9 aromatic rings. The molecule has 0 saturated heterocycles. The zero-order valence-corrected chi connectivity index (χ0v) is 30.1. The monoisotopic (exact) mass is 730 g/mol. The number of halogens is 1. The van der Waals surface area contributed by atoms with Crippen molar-refractivity contribution in [1.82, 2.24) is 14.5 Å². The number of fused-ring (bicyclic) bond motifs is 15. The molecule has 1 atom stereocenters. The molecule has 3 aromatic heterocycles. The zero-order chi connectivity index (χ0) is 35.5. The number of hydrogen-bond acceptors (Lipinski definition) is 5. The lowest BCUT2D eigenvalue weighted by molar-refractivity contribution is 0.461. The summed E-state index contributed by atoms with van der Waals surface area (Å²) in [4.78, 5) is 14.4. The highest BCUT2D eigenvalue weighted by Gasteiger charge is 2.53. The predicted molar refractivity (Wildman–Crippen MR) is 218 cm³/mol. The lowest BCUT2D eigenvalue weighted by atomic mass is 9.67. The minimum atomic E-state index is -0.663. The highest BCUT2D eigenvalue weighted by molar-refractivity contribution is 7.99. The number of anilines is 3. The van der Waals surface area contributed by atoms with Gasteiger partial charge < -0.3 is 14.2 Å². The Morgan fingerprint density at radius 2 is 1.33 bits per heavy atom. The maximum absolute atomic E-state index is 7.05. The van der Waals surface area contributed by atoms with Crippen molar-refractivity contribution < 1.29 is 4.74 Å². The summed E-state index contributed by atoms with van der Waals surface area (Å²) in [6.45, 7) is 0. The van der Waals surface area contributed by atoms with Crippen LogP contribution in [0.4, 0.5) is 17.1 Å². The van der Waals surface area contributed by atoms with Gasteiger partial charge >= 0.3 is 0 Å². The summed E-state index contributed by atoms with van der Waals surface area (Å²) in [5.74, 6) is 1.63. The molecule has 1 aliphatic carbocycles. The van der Waals surface area contributed by atoms with Gasteiger partial charge in [0.2, 0.25) is 0 Å². The summed E-state index contributed by atoms with van der Waals surface area (Å²) in [7, 11) is 0. The van der Waals surface area contributed by atoms with Crippen LogP contribution in [0.15, 0.2) is 174 Å². The Kier molecular flexibility index (Phi) is 6.19. The van der Waals surface area contributed by atoms with E-state index in [0.29, 0.717) is 5.15 Å². The van der Waals surface area contributed by atoms with Gasteiger partial charge in [0.05, 0.1) is 44.1 Å². The number of para-hydroxylation sites is 4. The molecule has 5 heterocycles. The van der Waals surface area contributed by atoms with Crippen LogP contribution in [0.5, 0.6) is 11.5 Å². The number of nitrogens with zero attached hydrogens (tertiary/aromatic N) is 4. The van der Waals surface area contributed by atoms with Gasteiger partial charge in [-0.3, -0.25) is 4.98 Å². The van der Waals surface area contributed by atoms with E-state index in [4.69, 9.17) is 26.3 Å². The number of hydrogen-bond donors (Lipinski definition) is 0. The van der Waals surface area contributed by atoms with Crippen molar-refractivity contribution in [3.8, 4) is 28.6 Å². The Morgan fingerprint density at radius 1 is 0.574 bits per heavy atom. The SMILES string of the molecule is Clc1ccc2c(n1)-c1ncccc1C21c2ccccc2Sc2c1ccc1c2Oc2ccccc2N1c1ccc2c3ccccc3n(-c3ccccc3)c2c1. The predicted octanol–water partition coefficient (Wildman–Crippen LogP) is 12.6. The topological polar surface area (TPSA) is 43.2 Å². The van der Waals surface area contributed by atoms with Gasteiger partial charge in [-0.1, -0.05) is 114 Å². The van der Waals surface area contributed by atoms with Crippen molar-refractivity contribution >= 4 is 62.2 Å². The Balaban J connectivity index is 1.14. The molecule has 1 unspecified atom stereocenters. The maximum Gasteiger partial charge on any atom is 0.165 e. The highest BCUT2D eigenvalue weighted by atomic mass is 35.5. The van der Waals surface area contributed by atoms with Crippen LogP contribution in [0.25, 0.3) is 38.9 Å². The fourth-order valence-corrected chi connectivity index (χ4v) is 10.5. The molecular formula is C47H27ClN4OS. The first-order valence-corrected chi connectivity index (χ1v) is 19.1. The fourth-order valence-electron chi connectivity index (χ4n) is 9.08. The summed E-state index contributed by atoms with van der Waals surface area (Å²) in [6, 6.07) is 55.9. The molecule has 2 aliphatic heterocycles. The molecule has 6 aromatic carbocycles. The highest BCUT2D eigenvalue weighted by Crippen LogP contribution is 2.65. The van der Waals surface area contributed by atoms with E-state index in [2.05, 4.69) is 149 Å². The molecule has 1 spiro atoms. The molecule has 0 amide bonds. The van der Waals surface area contributed by atoms with Gasteiger partial charge in [-0.25, -0.2) is 4.98 Å². The van der Waals surface area contributed by atoms with Crippen molar-refractivity contribution in [2.45, 2.75) is 15.2 Å². The van der Waals surface area contributed by atoms with Crippen molar-refractivity contribution in [3.63, 3.8) is 0 Å². The van der Waals surface area contributed by atoms with Crippen molar-refractivity contribution in [2.24, 2.45) is 0 Å². The lowest BCUT2D eigenvalue weighted by Crippen LogP contribution is -2.32. The average Bonchev–Trinajstić information content (AvgIpc) is 3.70. The van der Waals surface area contributed by atoms with Crippen LogP contribution in [0.2, 0.25) is 5.15 Å². The number of ether oxygens (including phenoxy) is 1. The Labute approximate surface area is 320 Å². The van der Waals surface area contributed by atoms with Gasteiger partial charge in [0.1, 0.15) is 5.15 Å². The lowest BCUT2D eigenvalue weighted by Gasteiger charge is -2.41. The molecule has 0 radical (unpaired) electrons. The first-order chi connectivity index (χ1) is 26.7. The fraction of sp³-hybridized carbons (Fsp3) is 0.0213. The van der Waals surface area contributed by atoms with E-state index in [1.54, 1.807) is 11.8 Å². The average molecular weight is 731 g/mol. The number of aromatic nitrogens is 3. The largest absolute Gasteiger partial charge is 0.452 e. The Bertz CT molecular complexity index is 3050. The molecule has 3 aliphatic rings. The van der Waals surface area contributed by atoms with E-state index >= 15 is 0 Å².